The van der Waals surface area contributed by atoms with Gasteiger partial charge < -0.3 is 24.3 Å². The summed E-state index contributed by atoms with van der Waals surface area (Å²) in [6.45, 7) is 2.49. The van der Waals surface area contributed by atoms with E-state index in [2.05, 4.69) is 20.9 Å². The van der Waals surface area contributed by atoms with E-state index in [4.69, 9.17) is 40.9 Å². The SMILES string of the molecule is Clc1ccc(OCCOCCn2ccnc2)c(Br)c1.O=C(O)C(=O)O. The van der Waals surface area contributed by atoms with Gasteiger partial charge in [-0.1, -0.05) is 11.6 Å². The lowest BCUT2D eigenvalue weighted by Gasteiger charge is -2.09. The molecular weight excluding hydrogens is 420 g/mol. The number of nitrogens with zero attached hydrogens (tertiary/aromatic N) is 2. The first-order valence-corrected chi connectivity index (χ1v) is 8.14. The molecule has 1 aromatic heterocycles. The molecule has 1 heterocycles. The molecule has 0 radical (unpaired) electrons. The highest BCUT2D eigenvalue weighted by atomic mass is 79.9. The minimum atomic E-state index is -1.82. The van der Waals surface area contributed by atoms with E-state index in [-0.39, 0.29) is 0 Å². The second-order valence-corrected chi connectivity index (χ2v) is 5.74. The molecule has 0 bridgehead atoms. The van der Waals surface area contributed by atoms with Gasteiger partial charge in [0.25, 0.3) is 0 Å². The molecule has 0 aliphatic carbocycles. The average Bonchev–Trinajstić information content (AvgIpc) is 3.06. The van der Waals surface area contributed by atoms with Gasteiger partial charge in [0.1, 0.15) is 12.4 Å². The van der Waals surface area contributed by atoms with E-state index in [1.807, 2.05) is 16.8 Å². The van der Waals surface area contributed by atoms with Crippen molar-refractivity contribution in [3.05, 3.63) is 46.4 Å². The Hall–Kier alpha value is -2.10. The fourth-order valence-corrected chi connectivity index (χ4v) is 2.29. The van der Waals surface area contributed by atoms with Crippen LogP contribution in [-0.4, -0.2) is 51.5 Å². The van der Waals surface area contributed by atoms with Crippen molar-refractivity contribution in [3.63, 3.8) is 0 Å². The number of carboxylic acid groups (broad SMARTS) is 2. The van der Waals surface area contributed by atoms with Crippen LogP contribution < -0.4 is 4.74 Å². The van der Waals surface area contributed by atoms with E-state index < -0.39 is 11.9 Å². The standard InChI is InChI=1S/C13H14BrClN2O2.C2H2O4/c14-12-9-11(15)1-2-13(12)19-8-7-18-6-5-17-4-3-16-10-17;3-1(4)2(5)6/h1-4,9-10H,5-8H2;(H,3,4)(H,5,6). The van der Waals surface area contributed by atoms with Crippen LogP contribution in [0.3, 0.4) is 0 Å². The molecule has 25 heavy (non-hydrogen) atoms. The van der Waals surface area contributed by atoms with Gasteiger partial charge in [0.15, 0.2) is 0 Å². The van der Waals surface area contributed by atoms with Crippen LogP contribution in [0.2, 0.25) is 5.02 Å². The number of hydrogen-bond donors (Lipinski definition) is 2. The van der Waals surface area contributed by atoms with Gasteiger partial charge in [-0.3, -0.25) is 0 Å². The maximum Gasteiger partial charge on any atom is 0.414 e. The number of carbonyl (C=O) groups is 2. The number of ether oxygens (including phenoxy) is 2. The van der Waals surface area contributed by atoms with Gasteiger partial charge in [-0.15, -0.1) is 0 Å². The number of aliphatic carboxylic acids is 2. The lowest BCUT2D eigenvalue weighted by atomic mass is 10.3. The lowest BCUT2D eigenvalue weighted by molar-refractivity contribution is -0.159. The summed E-state index contributed by atoms with van der Waals surface area (Å²) >= 11 is 9.25. The number of benzene rings is 1. The zero-order chi connectivity index (χ0) is 18.7. The molecule has 10 heteroatoms. The Balaban J connectivity index is 0.000000450. The van der Waals surface area contributed by atoms with Crippen molar-refractivity contribution in [3.8, 4) is 5.75 Å². The van der Waals surface area contributed by atoms with Gasteiger partial charge in [0.05, 0.1) is 24.0 Å². The molecule has 2 rings (SSSR count). The molecule has 0 fully saturated rings. The largest absolute Gasteiger partial charge is 0.490 e. The van der Waals surface area contributed by atoms with E-state index in [1.54, 1.807) is 24.7 Å². The Bertz CT molecular complexity index is 669. The topological polar surface area (TPSA) is 111 Å². The van der Waals surface area contributed by atoms with Crippen LogP contribution in [0.5, 0.6) is 5.75 Å². The van der Waals surface area contributed by atoms with Crippen molar-refractivity contribution >= 4 is 39.5 Å². The summed E-state index contributed by atoms with van der Waals surface area (Å²) in [5.74, 6) is -2.88. The van der Waals surface area contributed by atoms with Gasteiger partial charge in [-0.05, 0) is 34.1 Å². The van der Waals surface area contributed by atoms with Gasteiger partial charge in [-0.25, -0.2) is 14.6 Å². The van der Waals surface area contributed by atoms with E-state index in [0.717, 1.165) is 16.8 Å². The highest BCUT2D eigenvalue weighted by Gasteiger charge is 2.04. The molecule has 0 saturated carbocycles. The minimum Gasteiger partial charge on any atom is -0.490 e. The first kappa shape index (κ1) is 20.9. The van der Waals surface area contributed by atoms with E-state index in [9.17, 15) is 0 Å². The molecule has 0 atom stereocenters. The van der Waals surface area contributed by atoms with Crippen molar-refractivity contribution in [1.82, 2.24) is 9.55 Å². The number of rotatable bonds is 7. The molecule has 0 aliphatic heterocycles. The van der Waals surface area contributed by atoms with Crippen molar-refractivity contribution in [1.29, 1.82) is 0 Å². The van der Waals surface area contributed by atoms with Crippen LogP contribution in [0, 0.1) is 0 Å². The maximum absolute atomic E-state index is 9.10. The number of aromatic nitrogens is 2. The monoisotopic (exact) mass is 434 g/mol. The predicted octanol–water partition coefficient (Wildman–Crippen LogP) is 2.55. The Labute approximate surface area is 157 Å². The Morgan fingerprint density at radius 2 is 1.92 bits per heavy atom. The zero-order valence-corrected chi connectivity index (χ0v) is 15.3. The summed E-state index contributed by atoms with van der Waals surface area (Å²) in [6.07, 6.45) is 5.43. The molecule has 0 unspecified atom stereocenters. The third-order valence-corrected chi connectivity index (χ3v) is 3.47. The molecule has 2 N–H and O–H groups in total. The molecule has 2 aromatic rings. The van der Waals surface area contributed by atoms with Crippen molar-refractivity contribution < 1.29 is 29.3 Å². The fraction of sp³-hybridized carbons (Fsp3) is 0.267. The van der Waals surface area contributed by atoms with Crippen LogP contribution in [0.1, 0.15) is 0 Å². The Kier molecular flexibility index (Phi) is 9.60. The Morgan fingerprint density at radius 3 is 2.48 bits per heavy atom. The molecule has 1 aromatic carbocycles. The summed E-state index contributed by atoms with van der Waals surface area (Å²) < 4.78 is 13.9. The predicted molar refractivity (Wildman–Crippen MR) is 93.0 cm³/mol. The van der Waals surface area contributed by atoms with Crippen LogP contribution in [0.15, 0.2) is 41.4 Å². The van der Waals surface area contributed by atoms with Gasteiger partial charge in [0.2, 0.25) is 0 Å². The van der Waals surface area contributed by atoms with Crippen LogP contribution in [0.25, 0.3) is 0 Å². The van der Waals surface area contributed by atoms with Crippen LogP contribution >= 0.6 is 27.5 Å². The lowest BCUT2D eigenvalue weighted by Crippen LogP contribution is -2.10. The average molecular weight is 436 g/mol. The number of carboxylic acids is 2. The first-order valence-electron chi connectivity index (χ1n) is 6.97. The number of imidazole rings is 1. The van der Waals surface area contributed by atoms with Gasteiger partial charge in [0, 0.05) is 24.0 Å². The fourth-order valence-electron chi connectivity index (χ4n) is 1.49. The van der Waals surface area contributed by atoms with Gasteiger partial charge >= 0.3 is 11.9 Å². The normalized spacial score (nSPS) is 9.84. The highest BCUT2D eigenvalue weighted by Crippen LogP contribution is 2.27. The van der Waals surface area contributed by atoms with Crippen LogP contribution in [-0.2, 0) is 20.9 Å². The summed E-state index contributed by atoms with van der Waals surface area (Å²) in [4.78, 5) is 22.2. The number of halogens is 2. The summed E-state index contributed by atoms with van der Waals surface area (Å²) in [5.41, 5.74) is 0. The second-order valence-electron chi connectivity index (χ2n) is 4.45. The first-order chi connectivity index (χ1) is 11.9. The quantitative estimate of drug-likeness (QED) is 0.508. The summed E-state index contributed by atoms with van der Waals surface area (Å²) in [6, 6.07) is 5.43. The third-order valence-electron chi connectivity index (χ3n) is 2.62. The maximum atomic E-state index is 9.10. The zero-order valence-electron chi connectivity index (χ0n) is 13.0. The molecule has 0 amide bonds. The van der Waals surface area contributed by atoms with E-state index in [0.29, 0.717) is 24.8 Å². The van der Waals surface area contributed by atoms with E-state index >= 15 is 0 Å². The molecule has 0 spiro atoms. The highest BCUT2D eigenvalue weighted by molar-refractivity contribution is 9.10. The molecule has 8 nitrogen and oxygen atoms in total. The van der Waals surface area contributed by atoms with Crippen LogP contribution in [0.4, 0.5) is 0 Å². The van der Waals surface area contributed by atoms with E-state index in [1.165, 1.54) is 0 Å². The third kappa shape index (κ3) is 9.08. The second kappa shape index (κ2) is 11.5. The smallest absolute Gasteiger partial charge is 0.414 e. The molecule has 136 valence electrons. The Morgan fingerprint density at radius 1 is 1.20 bits per heavy atom. The molecule has 0 aliphatic rings. The summed E-state index contributed by atoms with van der Waals surface area (Å²) in [7, 11) is 0. The van der Waals surface area contributed by atoms with Crippen molar-refractivity contribution in [2.24, 2.45) is 0 Å². The van der Waals surface area contributed by atoms with Crippen molar-refractivity contribution in [2.75, 3.05) is 19.8 Å². The summed E-state index contributed by atoms with van der Waals surface area (Å²) in [5, 5.41) is 15.5. The van der Waals surface area contributed by atoms with Gasteiger partial charge in [-0.2, -0.15) is 0 Å². The number of hydrogen-bond acceptors (Lipinski definition) is 5. The minimum absolute atomic E-state index is 0.504. The molecule has 0 saturated heterocycles. The van der Waals surface area contributed by atoms with Crippen molar-refractivity contribution in [2.45, 2.75) is 6.54 Å². The molecular formula is C15H16BrClN2O6.